The first-order chi connectivity index (χ1) is 9.31. The number of rotatable bonds is 6. The lowest BCUT2D eigenvalue weighted by atomic mass is 10.0. The second-order valence-corrected chi connectivity index (χ2v) is 4.54. The van der Waals surface area contributed by atoms with Crippen LogP contribution in [0.15, 0.2) is 24.3 Å². The van der Waals surface area contributed by atoms with Crippen molar-refractivity contribution in [1.82, 2.24) is 5.32 Å². The van der Waals surface area contributed by atoms with Gasteiger partial charge in [-0.1, -0.05) is 12.1 Å². The molecule has 1 rings (SSSR count). The highest BCUT2D eigenvalue weighted by molar-refractivity contribution is 5.87. The smallest absolute Gasteiger partial charge is 0.328 e. The molecule has 0 fully saturated rings. The summed E-state index contributed by atoms with van der Waals surface area (Å²) < 4.78 is 0. The van der Waals surface area contributed by atoms with Crippen molar-refractivity contribution in [2.45, 2.75) is 31.5 Å². The first kappa shape index (κ1) is 15.9. The number of nitrogens with two attached hydrogens (primary N) is 1. The number of aromatic hydroxyl groups is 1. The highest BCUT2D eigenvalue weighted by atomic mass is 16.4. The summed E-state index contributed by atoms with van der Waals surface area (Å²) in [6.45, 7) is 1.27. The third-order valence-electron chi connectivity index (χ3n) is 2.77. The molecule has 0 bridgehead atoms. The zero-order valence-corrected chi connectivity index (χ0v) is 11.0. The molecule has 20 heavy (non-hydrogen) atoms. The fourth-order valence-corrected chi connectivity index (χ4v) is 1.63. The molecule has 0 aliphatic rings. The summed E-state index contributed by atoms with van der Waals surface area (Å²) >= 11 is 0. The van der Waals surface area contributed by atoms with Crippen LogP contribution in [0.5, 0.6) is 5.75 Å². The molecule has 0 aliphatic carbocycles. The van der Waals surface area contributed by atoms with Crippen molar-refractivity contribution in [3.63, 3.8) is 0 Å². The summed E-state index contributed by atoms with van der Waals surface area (Å²) in [5.74, 6) is -1.89. The SMILES string of the molecule is C[C@@H](O)[C@H](NC(=O)C(N)Cc1ccc(O)cc1)C(=O)O. The number of benzene rings is 1. The first-order valence-electron chi connectivity index (χ1n) is 6.06. The van der Waals surface area contributed by atoms with E-state index in [9.17, 15) is 14.7 Å². The van der Waals surface area contributed by atoms with Crippen molar-refractivity contribution in [1.29, 1.82) is 0 Å². The highest BCUT2D eigenvalue weighted by Crippen LogP contribution is 2.11. The molecule has 0 saturated heterocycles. The average molecular weight is 282 g/mol. The Labute approximate surface area is 116 Å². The number of hydrogen-bond acceptors (Lipinski definition) is 5. The third kappa shape index (κ3) is 4.52. The molecule has 0 heterocycles. The highest BCUT2D eigenvalue weighted by Gasteiger charge is 2.27. The van der Waals surface area contributed by atoms with Crippen molar-refractivity contribution in [3.05, 3.63) is 29.8 Å². The molecule has 3 atom stereocenters. The summed E-state index contributed by atoms with van der Waals surface area (Å²) in [6.07, 6.45) is -1.03. The normalized spacial score (nSPS) is 15.2. The van der Waals surface area contributed by atoms with Gasteiger partial charge in [0.2, 0.25) is 5.91 Å². The van der Waals surface area contributed by atoms with Gasteiger partial charge in [-0.15, -0.1) is 0 Å². The van der Waals surface area contributed by atoms with Gasteiger partial charge in [0.05, 0.1) is 12.1 Å². The van der Waals surface area contributed by atoms with E-state index in [1.807, 2.05) is 0 Å². The Kier molecular flexibility index (Phi) is 5.48. The van der Waals surface area contributed by atoms with Crippen LogP contribution < -0.4 is 11.1 Å². The Balaban J connectivity index is 2.62. The molecule has 1 aromatic rings. The van der Waals surface area contributed by atoms with Crippen LogP contribution in [-0.2, 0) is 16.0 Å². The second kappa shape index (κ2) is 6.88. The summed E-state index contributed by atoms with van der Waals surface area (Å²) in [4.78, 5) is 22.6. The van der Waals surface area contributed by atoms with Crippen LogP contribution in [0.1, 0.15) is 12.5 Å². The summed E-state index contributed by atoms with van der Waals surface area (Å²) in [5.41, 5.74) is 6.42. The van der Waals surface area contributed by atoms with E-state index < -0.39 is 30.1 Å². The van der Waals surface area contributed by atoms with E-state index in [1.165, 1.54) is 19.1 Å². The van der Waals surface area contributed by atoms with Gasteiger partial charge in [0.15, 0.2) is 6.04 Å². The fourth-order valence-electron chi connectivity index (χ4n) is 1.63. The van der Waals surface area contributed by atoms with Gasteiger partial charge < -0.3 is 26.4 Å². The van der Waals surface area contributed by atoms with Crippen molar-refractivity contribution in [2.75, 3.05) is 0 Å². The van der Waals surface area contributed by atoms with Gasteiger partial charge in [-0.25, -0.2) is 4.79 Å². The van der Waals surface area contributed by atoms with Crippen LogP contribution in [0, 0.1) is 0 Å². The predicted molar refractivity (Wildman–Crippen MR) is 71.0 cm³/mol. The maximum Gasteiger partial charge on any atom is 0.328 e. The van der Waals surface area contributed by atoms with Gasteiger partial charge in [0, 0.05) is 0 Å². The molecule has 7 nitrogen and oxygen atoms in total. The monoisotopic (exact) mass is 282 g/mol. The number of nitrogens with one attached hydrogen (secondary N) is 1. The molecule has 0 saturated carbocycles. The third-order valence-corrected chi connectivity index (χ3v) is 2.77. The quantitative estimate of drug-likeness (QED) is 0.464. The number of hydrogen-bond donors (Lipinski definition) is 5. The molecular formula is C13H18N2O5. The summed E-state index contributed by atoms with van der Waals surface area (Å²) in [6, 6.07) is 3.83. The maximum absolute atomic E-state index is 11.8. The molecule has 1 amide bonds. The lowest BCUT2D eigenvalue weighted by Gasteiger charge is -2.19. The minimum atomic E-state index is -1.40. The van der Waals surface area contributed by atoms with Crippen molar-refractivity contribution < 1.29 is 24.9 Å². The number of carbonyl (C=O) groups excluding carboxylic acids is 1. The Morgan fingerprint density at radius 2 is 1.85 bits per heavy atom. The van der Waals surface area contributed by atoms with Crippen LogP contribution in [-0.4, -0.2) is 45.4 Å². The van der Waals surface area contributed by atoms with E-state index in [4.69, 9.17) is 15.9 Å². The van der Waals surface area contributed by atoms with Gasteiger partial charge in [-0.05, 0) is 31.0 Å². The number of phenols is 1. The molecule has 0 aliphatic heterocycles. The number of aliphatic hydroxyl groups is 1. The maximum atomic E-state index is 11.8. The molecular weight excluding hydrogens is 264 g/mol. The molecule has 0 aromatic heterocycles. The van der Waals surface area contributed by atoms with Crippen molar-refractivity contribution in [3.8, 4) is 5.75 Å². The van der Waals surface area contributed by atoms with Crippen molar-refractivity contribution >= 4 is 11.9 Å². The minimum Gasteiger partial charge on any atom is -0.508 e. The number of carbonyl (C=O) groups is 2. The molecule has 7 heteroatoms. The topological polar surface area (TPSA) is 133 Å². The lowest BCUT2D eigenvalue weighted by molar-refractivity contribution is -0.144. The molecule has 6 N–H and O–H groups in total. The summed E-state index contributed by atoms with van der Waals surface area (Å²) in [7, 11) is 0. The second-order valence-electron chi connectivity index (χ2n) is 4.54. The van der Waals surface area contributed by atoms with E-state index in [0.29, 0.717) is 0 Å². The lowest BCUT2D eigenvalue weighted by Crippen LogP contribution is -2.53. The Morgan fingerprint density at radius 3 is 2.30 bits per heavy atom. The van der Waals surface area contributed by atoms with Crippen LogP contribution in [0.2, 0.25) is 0 Å². The van der Waals surface area contributed by atoms with Gasteiger partial charge in [0.1, 0.15) is 5.75 Å². The van der Waals surface area contributed by atoms with Gasteiger partial charge in [0.25, 0.3) is 0 Å². The Morgan fingerprint density at radius 1 is 1.30 bits per heavy atom. The first-order valence-corrected chi connectivity index (χ1v) is 6.06. The Hall–Kier alpha value is -2.12. The molecule has 0 radical (unpaired) electrons. The van der Waals surface area contributed by atoms with Crippen molar-refractivity contribution in [2.24, 2.45) is 5.73 Å². The van der Waals surface area contributed by atoms with E-state index in [-0.39, 0.29) is 12.2 Å². The van der Waals surface area contributed by atoms with Gasteiger partial charge in [-0.3, -0.25) is 4.79 Å². The number of carboxylic acid groups (broad SMARTS) is 1. The zero-order chi connectivity index (χ0) is 15.3. The van der Waals surface area contributed by atoms with Crippen LogP contribution in [0.3, 0.4) is 0 Å². The molecule has 0 spiro atoms. The van der Waals surface area contributed by atoms with Crippen LogP contribution in [0.25, 0.3) is 0 Å². The number of phenolic OH excluding ortho intramolecular Hbond substituents is 1. The average Bonchev–Trinajstić information content (AvgIpc) is 2.37. The fraction of sp³-hybridized carbons (Fsp3) is 0.385. The molecule has 1 unspecified atom stereocenters. The number of aliphatic hydroxyl groups excluding tert-OH is 1. The number of amides is 1. The zero-order valence-electron chi connectivity index (χ0n) is 11.0. The largest absolute Gasteiger partial charge is 0.508 e. The van der Waals surface area contributed by atoms with E-state index in [0.717, 1.165) is 5.56 Å². The number of carboxylic acids is 1. The number of aliphatic carboxylic acids is 1. The molecule has 1 aromatic carbocycles. The van der Waals surface area contributed by atoms with Gasteiger partial charge >= 0.3 is 5.97 Å². The van der Waals surface area contributed by atoms with E-state index in [2.05, 4.69) is 5.32 Å². The van der Waals surface area contributed by atoms with Gasteiger partial charge in [-0.2, -0.15) is 0 Å². The summed E-state index contributed by atoms with van der Waals surface area (Å²) in [5, 5.41) is 29.4. The molecule has 110 valence electrons. The Bertz CT molecular complexity index is 472. The van der Waals surface area contributed by atoms with E-state index in [1.54, 1.807) is 12.1 Å². The standard InChI is InChI=1S/C13H18N2O5/c1-7(16)11(13(19)20)15-12(18)10(14)6-8-2-4-9(17)5-3-8/h2-5,7,10-11,16-17H,6,14H2,1H3,(H,15,18)(H,19,20)/t7-,10?,11+/m1/s1. The predicted octanol–water partition coefficient (Wildman–Crippen LogP) is -0.788. The van der Waals surface area contributed by atoms with Crippen LogP contribution >= 0.6 is 0 Å². The van der Waals surface area contributed by atoms with Crippen LogP contribution in [0.4, 0.5) is 0 Å². The minimum absolute atomic E-state index is 0.104. The van der Waals surface area contributed by atoms with E-state index >= 15 is 0 Å².